The van der Waals surface area contributed by atoms with Crippen molar-refractivity contribution in [2.75, 3.05) is 0 Å². The van der Waals surface area contributed by atoms with Crippen LogP contribution in [0.15, 0.2) is 51.1 Å². The molecule has 148 valence electrons. The van der Waals surface area contributed by atoms with Crippen LogP contribution in [0.1, 0.15) is 30.9 Å². The fraction of sp³-hybridized carbons (Fsp3) is 0.286. The van der Waals surface area contributed by atoms with Gasteiger partial charge in [0.05, 0.1) is 15.8 Å². The second kappa shape index (κ2) is 7.47. The van der Waals surface area contributed by atoms with Crippen LogP contribution in [-0.2, 0) is 16.4 Å². The maximum atomic E-state index is 13.8. The highest BCUT2D eigenvalue weighted by Gasteiger charge is 2.25. The van der Waals surface area contributed by atoms with E-state index >= 15 is 0 Å². The van der Waals surface area contributed by atoms with Crippen LogP contribution in [0.4, 0.5) is 8.78 Å². The van der Waals surface area contributed by atoms with Gasteiger partial charge in [-0.2, -0.15) is 0 Å². The quantitative estimate of drug-likeness (QED) is 0.627. The van der Waals surface area contributed by atoms with Gasteiger partial charge in [-0.25, -0.2) is 17.2 Å². The van der Waals surface area contributed by atoms with E-state index in [1.165, 1.54) is 22.9 Å². The highest BCUT2D eigenvalue weighted by molar-refractivity contribution is 7.91. The normalized spacial score (nSPS) is 11.9. The first kappa shape index (κ1) is 20.2. The third-order valence-electron chi connectivity index (χ3n) is 4.64. The first-order valence-corrected chi connectivity index (χ1v) is 10.5. The topological polar surface area (TPSA) is 56.1 Å². The first-order valence-electron chi connectivity index (χ1n) is 9.00. The Morgan fingerprint density at radius 1 is 0.964 bits per heavy atom. The summed E-state index contributed by atoms with van der Waals surface area (Å²) >= 11 is 0. The Morgan fingerprint density at radius 3 is 2.18 bits per heavy atom. The molecule has 0 atom stereocenters. The molecule has 0 saturated carbocycles. The molecule has 0 radical (unpaired) electrons. The maximum absolute atomic E-state index is 13.8. The molecular weight excluding hydrogens is 384 g/mol. The van der Waals surface area contributed by atoms with E-state index in [-0.39, 0.29) is 15.8 Å². The summed E-state index contributed by atoms with van der Waals surface area (Å²) in [7, 11) is -4.13. The monoisotopic (exact) mass is 405 g/mol. The second-order valence-corrected chi connectivity index (χ2v) is 8.90. The molecule has 0 unspecified atom stereocenters. The van der Waals surface area contributed by atoms with Crippen LogP contribution in [0.2, 0.25) is 0 Å². The van der Waals surface area contributed by atoms with Crippen LogP contribution >= 0.6 is 0 Å². The molecule has 4 nitrogen and oxygen atoms in total. The van der Waals surface area contributed by atoms with Crippen molar-refractivity contribution in [1.29, 1.82) is 0 Å². The third kappa shape index (κ3) is 3.58. The average Bonchev–Trinajstić information content (AvgIpc) is 2.62. The van der Waals surface area contributed by atoms with Crippen molar-refractivity contribution in [3.05, 3.63) is 69.5 Å². The van der Waals surface area contributed by atoms with Gasteiger partial charge < -0.3 is 4.57 Å². The fourth-order valence-electron chi connectivity index (χ4n) is 3.28. The van der Waals surface area contributed by atoms with E-state index in [0.717, 1.165) is 29.7 Å². The number of unbranched alkanes of at least 4 members (excludes halogenated alkanes) is 1. The van der Waals surface area contributed by atoms with Crippen LogP contribution < -0.4 is 5.43 Å². The predicted molar refractivity (Wildman–Crippen MR) is 104 cm³/mol. The van der Waals surface area contributed by atoms with Gasteiger partial charge in [-0.1, -0.05) is 19.4 Å². The van der Waals surface area contributed by atoms with Crippen LogP contribution in [0.5, 0.6) is 0 Å². The molecule has 0 fully saturated rings. The molecule has 0 spiro atoms. The van der Waals surface area contributed by atoms with E-state index in [0.29, 0.717) is 13.0 Å². The summed E-state index contributed by atoms with van der Waals surface area (Å²) in [5.74, 6) is -2.27. The van der Waals surface area contributed by atoms with Crippen molar-refractivity contribution in [3.8, 4) is 0 Å². The molecule has 3 rings (SSSR count). The summed E-state index contributed by atoms with van der Waals surface area (Å²) in [5.41, 5.74) is 0.843. The van der Waals surface area contributed by atoms with Crippen LogP contribution in [0, 0.1) is 25.5 Å². The number of benzene rings is 2. The molecule has 1 heterocycles. The number of aromatic nitrogens is 1. The highest BCUT2D eigenvalue weighted by Crippen LogP contribution is 2.24. The number of nitrogens with zero attached hydrogens (tertiary/aromatic N) is 1. The summed E-state index contributed by atoms with van der Waals surface area (Å²) < 4.78 is 55.5. The lowest BCUT2D eigenvalue weighted by Crippen LogP contribution is -2.20. The van der Waals surface area contributed by atoms with Crippen LogP contribution in [0.25, 0.3) is 10.9 Å². The number of halogens is 2. The van der Waals surface area contributed by atoms with Gasteiger partial charge in [-0.15, -0.1) is 0 Å². The Kier molecular flexibility index (Phi) is 5.39. The Bertz CT molecular complexity index is 1210. The van der Waals surface area contributed by atoms with Crippen molar-refractivity contribution < 1.29 is 17.2 Å². The molecule has 0 aliphatic rings. The van der Waals surface area contributed by atoms with Gasteiger partial charge >= 0.3 is 0 Å². The Balaban J connectivity index is 2.35. The lowest BCUT2D eigenvalue weighted by atomic mass is 10.2. The van der Waals surface area contributed by atoms with Crippen molar-refractivity contribution in [3.63, 3.8) is 0 Å². The minimum absolute atomic E-state index is 0.00563. The number of hydrogen-bond acceptors (Lipinski definition) is 3. The second-order valence-electron chi connectivity index (χ2n) is 6.98. The summed E-state index contributed by atoms with van der Waals surface area (Å²) in [6.45, 7) is 5.88. The Hall–Kier alpha value is -2.54. The molecule has 0 aliphatic heterocycles. The van der Waals surface area contributed by atoms with Gasteiger partial charge in [-0.05, 0) is 49.6 Å². The Morgan fingerprint density at radius 2 is 1.57 bits per heavy atom. The van der Waals surface area contributed by atoms with Gasteiger partial charge in [0, 0.05) is 18.8 Å². The van der Waals surface area contributed by atoms with Gasteiger partial charge in [0.15, 0.2) is 11.6 Å². The smallest absolute Gasteiger partial charge is 0.211 e. The van der Waals surface area contributed by atoms with Crippen molar-refractivity contribution in [2.45, 2.75) is 49.9 Å². The molecule has 7 heteroatoms. The number of pyridine rings is 1. The molecule has 0 saturated heterocycles. The van der Waals surface area contributed by atoms with Gasteiger partial charge in [-0.3, -0.25) is 4.79 Å². The molecule has 0 N–H and O–H groups in total. The van der Waals surface area contributed by atoms with E-state index < -0.39 is 31.8 Å². The summed E-state index contributed by atoms with van der Waals surface area (Å²) in [4.78, 5) is 12.5. The van der Waals surface area contributed by atoms with Crippen LogP contribution in [-0.4, -0.2) is 13.0 Å². The van der Waals surface area contributed by atoms with Gasteiger partial charge in [0.1, 0.15) is 4.90 Å². The lowest BCUT2D eigenvalue weighted by molar-refractivity contribution is 0.509. The van der Waals surface area contributed by atoms with E-state index in [1.807, 2.05) is 13.0 Å². The van der Waals surface area contributed by atoms with Crippen molar-refractivity contribution in [1.82, 2.24) is 4.57 Å². The minimum Gasteiger partial charge on any atom is -0.346 e. The van der Waals surface area contributed by atoms with Gasteiger partial charge in [0.2, 0.25) is 15.3 Å². The van der Waals surface area contributed by atoms with Crippen molar-refractivity contribution in [2.24, 2.45) is 0 Å². The number of rotatable bonds is 5. The zero-order valence-electron chi connectivity index (χ0n) is 15.9. The highest BCUT2D eigenvalue weighted by atomic mass is 32.2. The van der Waals surface area contributed by atoms with Crippen LogP contribution in [0.3, 0.4) is 0 Å². The SMILES string of the molecule is CCCCn1cc(S(=O)(=O)c2cc(C)cc(C)c2)c(=O)c2cc(F)c(F)cc21. The zero-order chi connectivity index (χ0) is 20.6. The zero-order valence-corrected chi connectivity index (χ0v) is 16.7. The van der Waals surface area contributed by atoms with Gasteiger partial charge in [0.25, 0.3) is 0 Å². The predicted octanol–water partition coefficient (Wildman–Crippen LogP) is 4.53. The molecule has 28 heavy (non-hydrogen) atoms. The molecule has 0 aliphatic carbocycles. The molecule has 0 bridgehead atoms. The number of sulfone groups is 1. The van der Waals surface area contributed by atoms with E-state index in [2.05, 4.69) is 0 Å². The van der Waals surface area contributed by atoms with E-state index in [1.54, 1.807) is 13.8 Å². The summed E-state index contributed by atoms with van der Waals surface area (Å²) in [6, 6.07) is 6.53. The molecule has 2 aromatic carbocycles. The molecule has 3 aromatic rings. The standard InChI is InChI=1S/C21H21F2NO3S/c1-4-5-6-24-12-20(21(25)16-10-17(22)18(23)11-19(16)24)28(26,27)15-8-13(2)7-14(3)9-15/h7-12H,4-6H2,1-3H3. The first-order chi connectivity index (χ1) is 13.1. The molecule has 1 aromatic heterocycles. The number of hydrogen-bond donors (Lipinski definition) is 0. The number of aryl methyl sites for hydroxylation is 3. The minimum atomic E-state index is -4.13. The molecular formula is C21H21F2NO3S. The largest absolute Gasteiger partial charge is 0.346 e. The lowest BCUT2D eigenvalue weighted by Gasteiger charge is -2.14. The Labute approximate surface area is 162 Å². The van der Waals surface area contributed by atoms with E-state index in [9.17, 15) is 22.0 Å². The van der Waals surface area contributed by atoms with Crippen molar-refractivity contribution >= 4 is 20.7 Å². The third-order valence-corrected chi connectivity index (χ3v) is 6.36. The molecule has 0 amide bonds. The van der Waals surface area contributed by atoms with E-state index in [4.69, 9.17) is 0 Å². The maximum Gasteiger partial charge on any atom is 0.211 e. The fourth-order valence-corrected chi connectivity index (χ4v) is 4.83. The average molecular weight is 405 g/mol. The summed E-state index contributed by atoms with van der Waals surface area (Å²) in [5, 5.41) is -0.152. The summed E-state index contributed by atoms with van der Waals surface area (Å²) in [6.07, 6.45) is 2.75. The number of fused-ring (bicyclic) bond motifs is 1.